The van der Waals surface area contributed by atoms with Crippen molar-refractivity contribution in [3.05, 3.63) is 71.2 Å². The lowest BCUT2D eigenvalue weighted by atomic mass is 10.1. The number of nitrogens with one attached hydrogen (secondary N) is 1. The molecule has 2 aromatic heterocycles. The van der Waals surface area contributed by atoms with Gasteiger partial charge in [-0.25, -0.2) is 14.4 Å². The average Bonchev–Trinajstić information content (AvgIpc) is 3.36. The van der Waals surface area contributed by atoms with Gasteiger partial charge in [0.1, 0.15) is 11.5 Å². The Morgan fingerprint density at radius 1 is 1.20 bits per heavy atom. The zero-order chi connectivity index (χ0) is 21.1. The highest BCUT2D eigenvalue weighted by Crippen LogP contribution is 2.26. The fourth-order valence-corrected chi connectivity index (χ4v) is 2.68. The lowest BCUT2D eigenvalue weighted by molar-refractivity contribution is 0.0950. The smallest absolute Gasteiger partial charge is 0.294 e. The first kappa shape index (κ1) is 18.9. The summed E-state index contributed by atoms with van der Waals surface area (Å²) >= 11 is 0. The first-order valence-electron chi connectivity index (χ1n) is 8.73. The van der Waals surface area contributed by atoms with Crippen LogP contribution in [-0.4, -0.2) is 37.4 Å². The van der Waals surface area contributed by atoms with Gasteiger partial charge < -0.3 is 5.73 Å². The fourth-order valence-electron chi connectivity index (χ4n) is 2.68. The Morgan fingerprint density at radius 2 is 1.97 bits per heavy atom. The predicted octanol–water partition coefficient (Wildman–Crippen LogP) is 2.11. The second-order valence-corrected chi connectivity index (χ2v) is 6.26. The largest absolute Gasteiger partial charge is 0.378 e. The van der Waals surface area contributed by atoms with E-state index in [4.69, 9.17) is 5.73 Å². The summed E-state index contributed by atoms with van der Waals surface area (Å²) in [5, 5.41) is 19.0. The molecule has 30 heavy (non-hydrogen) atoms. The Labute approximate surface area is 169 Å². The normalized spacial score (nSPS) is 11.1. The number of hydrogen-bond acceptors (Lipinski definition) is 8. The summed E-state index contributed by atoms with van der Waals surface area (Å²) in [6.45, 7) is 1.93. The van der Waals surface area contributed by atoms with E-state index in [0.29, 0.717) is 11.3 Å². The third kappa shape index (κ3) is 3.63. The number of nitrogens with zero attached hydrogens (tertiary/aromatic N) is 6. The second-order valence-electron chi connectivity index (χ2n) is 6.26. The maximum atomic E-state index is 13.7. The summed E-state index contributed by atoms with van der Waals surface area (Å²) in [4.78, 5) is 12.7. The molecule has 2 aromatic carbocycles. The molecule has 4 aromatic rings. The van der Waals surface area contributed by atoms with Crippen molar-refractivity contribution in [3.8, 4) is 17.1 Å². The van der Waals surface area contributed by atoms with Crippen molar-refractivity contribution in [1.29, 1.82) is 0 Å². The maximum Gasteiger partial charge on any atom is 0.294 e. The number of aromatic nitrogens is 5. The number of nitrogen functional groups attached to an aromatic ring is 1. The molecule has 1 amide bonds. The Morgan fingerprint density at radius 3 is 2.67 bits per heavy atom. The van der Waals surface area contributed by atoms with Crippen molar-refractivity contribution < 1.29 is 13.8 Å². The predicted molar refractivity (Wildman–Crippen MR) is 105 cm³/mol. The van der Waals surface area contributed by atoms with Gasteiger partial charge in [0.05, 0.1) is 6.21 Å². The van der Waals surface area contributed by atoms with Crippen molar-refractivity contribution in [2.75, 3.05) is 5.73 Å². The van der Waals surface area contributed by atoms with Crippen LogP contribution in [0.2, 0.25) is 0 Å². The number of hydrazone groups is 1. The van der Waals surface area contributed by atoms with E-state index in [1.165, 1.54) is 23.0 Å². The molecule has 150 valence electrons. The number of anilines is 1. The van der Waals surface area contributed by atoms with Crippen LogP contribution in [0.15, 0.2) is 58.3 Å². The zero-order valence-corrected chi connectivity index (χ0v) is 15.7. The van der Waals surface area contributed by atoms with Gasteiger partial charge in [-0.1, -0.05) is 53.2 Å². The van der Waals surface area contributed by atoms with Gasteiger partial charge in [0.2, 0.25) is 11.6 Å². The quantitative estimate of drug-likeness (QED) is 0.382. The minimum Gasteiger partial charge on any atom is -0.378 e. The Kier molecular flexibility index (Phi) is 4.99. The van der Waals surface area contributed by atoms with E-state index in [0.717, 1.165) is 5.56 Å². The molecular formula is C19H15FN8O2. The van der Waals surface area contributed by atoms with Gasteiger partial charge in [-0.2, -0.15) is 9.78 Å². The number of carbonyl (C=O) groups is 1. The van der Waals surface area contributed by atoms with E-state index in [1.807, 2.05) is 19.1 Å². The Bertz CT molecular complexity index is 1230. The molecule has 2 heterocycles. The van der Waals surface area contributed by atoms with Crippen LogP contribution in [-0.2, 0) is 0 Å². The number of aryl methyl sites for hydroxylation is 1. The highest BCUT2D eigenvalue weighted by atomic mass is 19.1. The summed E-state index contributed by atoms with van der Waals surface area (Å²) in [5.41, 5.74) is 10.3. The van der Waals surface area contributed by atoms with Gasteiger partial charge in [-0.15, -0.1) is 5.10 Å². The maximum absolute atomic E-state index is 13.7. The van der Waals surface area contributed by atoms with Crippen molar-refractivity contribution >= 4 is 17.9 Å². The molecule has 3 N–H and O–H groups in total. The summed E-state index contributed by atoms with van der Waals surface area (Å²) < 4.78 is 19.6. The van der Waals surface area contributed by atoms with Crippen LogP contribution in [0.1, 0.15) is 21.6 Å². The second kappa shape index (κ2) is 7.91. The van der Waals surface area contributed by atoms with E-state index in [1.54, 1.807) is 24.3 Å². The van der Waals surface area contributed by atoms with Crippen LogP contribution < -0.4 is 11.2 Å². The lowest BCUT2D eigenvalue weighted by Gasteiger charge is -2.06. The van der Waals surface area contributed by atoms with Crippen molar-refractivity contribution in [2.24, 2.45) is 5.10 Å². The summed E-state index contributed by atoms with van der Waals surface area (Å²) in [7, 11) is 0. The van der Waals surface area contributed by atoms with Gasteiger partial charge in [-0.3, -0.25) is 4.79 Å². The number of amides is 1. The summed E-state index contributed by atoms with van der Waals surface area (Å²) in [6, 6.07) is 13.4. The molecule has 0 aliphatic carbocycles. The SMILES string of the molecule is Cc1ccc(-c2c(C(=O)N/N=C/c3ccccc3F)nnn2-c2nonc2N)cc1. The molecule has 0 radical (unpaired) electrons. The van der Waals surface area contributed by atoms with Crippen LogP contribution in [0, 0.1) is 12.7 Å². The van der Waals surface area contributed by atoms with Crippen molar-refractivity contribution in [3.63, 3.8) is 0 Å². The molecule has 0 saturated heterocycles. The minimum atomic E-state index is -0.653. The molecule has 0 spiro atoms. The van der Waals surface area contributed by atoms with Crippen molar-refractivity contribution in [2.45, 2.75) is 6.92 Å². The molecule has 0 aliphatic heterocycles. The molecule has 11 heteroatoms. The molecule has 10 nitrogen and oxygen atoms in total. The first-order chi connectivity index (χ1) is 14.5. The van der Waals surface area contributed by atoms with Crippen molar-refractivity contribution in [1.82, 2.24) is 30.7 Å². The van der Waals surface area contributed by atoms with Crippen LogP contribution in [0.25, 0.3) is 17.1 Å². The monoisotopic (exact) mass is 406 g/mol. The standard InChI is InChI=1S/C19H15FN8O2/c1-11-6-8-12(9-7-11)16-15(23-27-28(16)18-17(21)25-30-26-18)19(29)24-22-10-13-4-2-3-5-14(13)20/h2-10H,1H3,(H2,21,25)(H,24,29)/b22-10+. The average molecular weight is 406 g/mol. The van der Waals surface area contributed by atoms with E-state index < -0.39 is 11.7 Å². The van der Waals surface area contributed by atoms with Crippen LogP contribution >= 0.6 is 0 Å². The number of halogens is 1. The Balaban J connectivity index is 1.70. The highest BCUT2D eigenvalue weighted by molar-refractivity contribution is 5.98. The van der Waals surface area contributed by atoms with Crippen LogP contribution in [0.3, 0.4) is 0 Å². The third-order valence-corrected chi connectivity index (χ3v) is 4.18. The van der Waals surface area contributed by atoms with Gasteiger partial charge in [0.15, 0.2) is 5.69 Å². The molecule has 0 bridgehead atoms. The first-order valence-corrected chi connectivity index (χ1v) is 8.73. The minimum absolute atomic E-state index is 0.0159. The number of carbonyl (C=O) groups excluding carboxylic acids is 1. The topological polar surface area (TPSA) is 137 Å². The van der Waals surface area contributed by atoms with E-state index >= 15 is 0 Å². The molecule has 0 fully saturated rings. The highest BCUT2D eigenvalue weighted by Gasteiger charge is 2.25. The third-order valence-electron chi connectivity index (χ3n) is 4.18. The number of nitrogens with two attached hydrogens (primary N) is 1. The molecule has 0 unspecified atom stereocenters. The number of benzene rings is 2. The molecule has 0 atom stereocenters. The fraction of sp³-hybridized carbons (Fsp3) is 0.0526. The number of hydrogen-bond donors (Lipinski definition) is 2. The lowest BCUT2D eigenvalue weighted by Crippen LogP contribution is -2.19. The van der Waals surface area contributed by atoms with E-state index in [9.17, 15) is 9.18 Å². The molecular weight excluding hydrogens is 391 g/mol. The summed E-state index contributed by atoms with van der Waals surface area (Å²) in [6.07, 6.45) is 1.20. The molecule has 0 aliphatic rings. The molecule has 0 saturated carbocycles. The van der Waals surface area contributed by atoms with E-state index in [-0.39, 0.29) is 22.9 Å². The summed E-state index contributed by atoms with van der Waals surface area (Å²) in [5.74, 6) is -1.04. The van der Waals surface area contributed by atoms with Gasteiger partial charge in [0, 0.05) is 11.1 Å². The van der Waals surface area contributed by atoms with Gasteiger partial charge in [0.25, 0.3) is 5.91 Å². The van der Waals surface area contributed by atoms with E-state index in [2.05, 4.69) is 35.8 Å². The molecule has 4 rings (SSSR count). The zero-order valence-electron chi connectivity index (χ0n) is 15.7. The van der Waals surface area contributed by atoms with Gasteiger partial charge >= 0.3 is 0 Å². The van der Waals surface area contributed by atoms with Crippen LogP contribution in [0.4, 0.5) is 10.2 Å². The number of rotatable bonds is 5. The van der Waals surface area contributed by atoms with Gasteiger partial charge in [-0.05, 0) is 23.3 Å². The Hall–Kier alpha value is -4.41. The van der Waals surface area contributed by atoms with Crippen LogP contribution in [0.5, 0.6) is 0 Å².